The predicted octanol–water partition coefficient (Wildman–Crippen LogP) is -3.47. The lowest BCUT2D eigenvalue weighted by Gasteiger charge is -2.31. The van der Waals surface area contributed by atoms with Gasteiger partial charge in [-0.2, -0.15) is 0 Å². The molecule has 26 nitrogen and oxygen atoms in total. The van der Waals surface area contributed by atoms with Crippen molar-refractivity contribution in [3.05, 3.63) is 29.8 Å². The van der Waals surface area contributed by atoms with Crippen LogP contribution in [0.3, 0.4) is 0 Å². The van der Waals surface area contributed by atoms with E-state index in [-0.39, 0.29) is 38.0 Å². The number of unbranched alkanes of at least 4 members (excludes halogenated alkanes) is 8. The van der Waals surface area contributed by atoms with Crippen LogP contribution in [0.15, 0.2) is 24.3 Å². The number of rotatable bonds is 22. The number of hydrogen-bond acceptors (Lipinski definition) is 14. The number of benzene rings is 1. The number of nitrogens with two attached hydrogens (primary N) is 4. The third-order valence-corrected chi connectivity index (χ3v) is 12.5. The Hall–Kier alpha value is -7.38. The minimum atomic E-state index is -1.86. The van der Waals surface area contributed by atoms with Gasteiger partial charge in [-0.15, -0.1) is 0 Å². The van der Waals surface area contributed by atoms with E-state index in [0.29, 0.717) is 18.4 Å². The maximum Gasteiger partial charge on any atom is 0.245 e. The topological polar surface area (TPSA) is 437 Å². The summed E-state index contributed by atoms with van der Waals surface area (Å²) in [5.74, 6) is -12.6. The Morgan fingerprint density at radius 3 is 1.54 bits per heavy atom. The Morgan fingerprint density at radius 1 is 0.554 bits per heavy atom. The van der Waals surface area contributed by atoms with E-state index in [1.165, 1.54) is 24.3 Å². The SMILES string of the molecule is CCCCCCCCCCCC1CC(=O)NC(CC(N)=O)C(=O)N[C@H](Cc2ccc(O)cc2)C(=O)NC(CC(N)=O)C(=O)NC(CCC(N)=O)C(=O)N2CCC[C@H]2C(=O)NC(CC(N)=O)C(=O)N[C@@H](CO)C(=O)N1. The van der Waals surface area contributed by atoms with Crippen LogP contribution >= 0.6 is 0 Å². The normalized spacial score (nSPS) is 24.1. The average Bonchev–Trinajstić information content (AvgIpc) is 3.83. The van der Waals surface area contributed by atoms with Crippen molar-refractivity contribution in [2.75, 3.05) is 13.2 Å². The molecule has 74 heavy (non-hydrogen) atoms. The van der Waals surface area contributed by atoms with E-state index in [2.05, 4.69) is 44.1 Å². The molecule has 2 saturated heterocycles. The van der Waals surface area contributed by atoms with Crippen molar-refractivity contribution in [1.82, 2.24) is 42.1 Å². The number of aromatic hydroxyl groups is 1. The van der Waals surface area contributed by atoms with Gasteiger partial charge in [-0.05, 0) is 43.4 Å². The minimum absolute atomic E-state index is 0.00333. The zero-order valence-corrected chi connectivity index (χ0v) is 41.8. The predicted molar refractivity (Wildman–Crippen MR) is 263 cm³/mol. The number of aliphatic hydroxyl groups is 1. The number of primary amides is 4. The molecule has 5 unspecified atom stereocenters. The van der Waals surface area contributed by atoms with Gasteiger partial charge in [-0.1, -0.05) is 76.8 Å². The van der Waals surface area contributed by atoms with Gasteiger partial charge < -0.3 is 75.3 Å². The van der Waals surface area contributed by atoms with E-state index in [9.17, 15) is 67.7 Å². The first kappa shape index (κ1) is 60.9. The Balaban J connectivity index is 2.13. The molecule has 3 rings (SSSR count). The third-order valence-electron chi connectivity index (χ3n) is 12.5. The number of fused-ring (bicyclic) bond motifs is 1. The molecule has 410 valence electrons. The number of carbonyl (C=O) groups is 12. The van der Waals surface area contributed by atoms with Gasteiger partial charge in [0.05, 0.1) is 25.9 Å². The van der Waals surface area contributed by atoms with Crippen LogP contribution in [-0.4, -0.2) is 147 Å². The highest BCUT2D eigenvalue weighted by Gasteiger charge is 2.41. The summed E-state index contributed by atoms with van der Waals surface area (Å²) in [5.41, 5.74) is 22.2. The van der Waals surface area contributed by atoms with Gasteiger partial charge in [-0.3, -0.25) is 57.5 Å². The molecule has 0 aromatic heterocycles. The highest BCUT2D eigenvalue weighted by Crippen LogP contribution is 2.21. The number of nitrogens with one attached hydrogen (secondary N) is 7. The van der Waals surface area contributed by atoms with E-state index in [1.807, 2.05) is 0 Å². The number of hydrogen-bond donors (Lipinski definition) is 13. The van der Waals surface area contributed by atoms with Gasteiger partial charge in [0.1, 0.15) is 48.0 Å². The molecule has 2 fully saturated rings. The summed E-state index contributed by atoms with van der Waals surface area (Å²) in [4.78, 5) is 162. The van der Waals surface area contributed by atoms with Crippen LogP contribution in [0.4, 0.5) is 0 Å². The van der Waals surface area contributed by atoms with E-state index >= 15 is 0 Å². The van der Waals surface area contributed by atoms with Gasteiger partial charge in [0.15, 0.2) is 0 Å². The highest BCUT2D eigenvalue weighted by molar-refractivity contribution is 6.00. The molecular formula is C48H74N12O14. The van der Waals surface area contributed by atoms with Crippen LogP contribution in [0.2, 0.25) is 0 Å². The van der Waals surface area contributed by atoms with Crippen molar-refractivity contribution in [3.63, 3.8) is 0 Å². The first-order chi connectivity index (χ1) is 35.1. The fraction of sp³-hybridized carbons (Fsp3) is 0.625. The Morgan fingerprint density at radius 2 is 1.01 bits per heavy atom. The van der Waals surface area contributed by atoms with Crippen LogP contribution in [0, 0.1) is 0 Å². The number of phenolic OH excluding ortho intramolecular Hbond substituents is 1. The fourth-order valence-electron chi connectivity index (χ4n) is 8.61. The van der Waals surface area contributed by atoms with Gasteiger partial charge in [0.25, 0.3) is 0 Å². The summed E-state index contributed by atoms with van der Waals surface area (Å²) >= 11 is 0. The summed E-state index contributed by atoms with van der Waals surface area (Å²) in [6, 6.07) is -7.35. The molecule has 0 aliphatic carbocycles. The molecule has 2 heterocycles. The lowest BCUT2D eigenvalue weighted by atomic mass is 10.0. The second kappa shape index (κ2) is 31.3. The average molecular weight is 1040 g/mol. The lowest BCUT2D eigenvalue weighted by Crippen LogP contribution is -2.60. The van der Waals surface area contributed by atoms with Crippen molar-refractivity contribution in [3.8, 4) is 5.75 Å². The van der Waals surface area contributed by atoms with Crippen LogP contribution in [0.1, 0.15) is 128 Å². The maximum atomic E-state index is 14.3. The summed E-state index contributed by atoms with van der Waals surface area (Å²) in [7, 11) is 0. The van der Waals surface area contributed by atoms with Gasteiger partial charge in [-0.25, -0.2) is 0 Å². The molecule has 8 atom stereocenters. The largest absolute Gasteiger partial charge is 0.508 e. The standard InChI is InChI=1S/C48H74N12O14/c1-2-3-4-5-6-7-8-9-10-12-28-22-41(67)54-32(23-38(50)64)43(69)56-31(21-27-14-16-29(62)17-15-27)42(68)57-33(24-39(51)65)44(70)55-30(18-19-37(49)63)48(74)60-20-11-13-36(60)47(73)58-34(25-40(52)66)45(71)59-35(26-61)46(72)53-28/h14-17,28,30-36,61-62H,2-13,18-26H2,1H3,(H2,49,63)(H2,50,64)(H2,51,65)(H2,52,66)(H,53,72)(H,54,67)(H,55,70)(H,56,69)(H,57,68)(H,58,73)(H,59,71)/t28?,30?,31-,32?,33?,34?,35+,36+/m1/s1. The third kappa shape index (κ3) is 21.4. The van der Waals surface area contributed by atoms with Gasteiger partial charge in [0.2, 0.25) is 70.9 Å². The highest BCUT2D eigenvalue weighted by atomic mass is 16.3. The number of phenols is 1. The number of amides is 12. The molecule has 0 saturated carbocycles. The molecule has 0 spiro atoms. The monoisotopic (exact) mass is 1040 g/mol. The van der Waals surface area contributed by atoms with Crippen molar-refractivity contribution in [2.24, 2.45) is 22.9 Å². The molecule has 0 radical (unpaired) electrons. The van der Waals surface area contributed by atoms with Crippen LogP contribution in [0.25, 0.3) is 0 Å². The number of nitrogens with zero attached hydrogens (tertiary/aromatic N) is 1. The first-order valence-corrected chi connectivity index (χ1v) is 25.1. The van der Waals surface area contributed by atoms with E-state index in [4.69, 9.17) is 22.9 Å². The van der Waals surface area contributed by atoms with E-state index in [0.717, 1.165) is 49.8 Å². The van der Waals surface area contributed by atoms with Crippen LogP contribution in [-0.2, 0) is 64.0 Å². The summed E-state index contributed by atoms with van der Waals surface area (Å²) in [5, 5.41) is 37.2. The molecule has 26 heteroatoms. The Bertz CT molecular complexity index is 2160. The molecule has 1 aromatic carbocycles. The van der Waals surface area contributed by atoms with Crippen LogP contribution in [0.5, 0.6) is 5.75 Å². The summed E-state index contributed by atoms with van der Waals surface area (Å²) in [6.07, 6.45) is 4.57. The van der Waals surface area contributed by atoms with Gasteiger partial charge >= 0.3 is 0 Å². The van der Waals surface area contributed by atoms with Crippen molar-refractivity contribution in [2.45, 2.75) is 177 Å². The van der Waals surface area contributed by atoms with Crippen molar-refractivity contribution >= 4 is 70.9 Å². The summed E-state index contributed by atoms with van der Waals surface area (Å²) < 4.78 is 0. The summed E-state index contributed by atoms with van der Waals surface area (Å²) in [6.45, 7) is 1.03. The number of aliphatic hydroxyl groups excluding tert-OH is 1. The first-order valence-electron chi connectivity index (χ1n) is 25.1. The quantitative estimate of drug-likeness (QED) is 0.0502. The second-order valence-electron chi connectivity index (χ2n) is 18.7. The van der Waals surface area contributed by atoms with Crippen LogP contribution < -0.4 is 60.2 Å². The molecular weight excluding hydrogens is 969 g/mol. The van der Waals surface area contributed by atoms with Crippen molar-refractivity contribution < 1.29 is 67.7 Å². The van der Waals surface area contributed by atoms with E-state index < -0.39 is 164 Å². The molecule has 2 aliphatic heterocycles. The smallest absolute Gasteiger partial charge is 0.245 e. The molecule has 1 aromatic rings. The molecule has 2 aliphatic rings. The second-order valence-corrected chi connectivity index (χ2v) is 18.7. The lowest BCUT2D eigenvalue weighted by molar-refractivity contribution is -0.143. The molecule has 17 N–H and O–H groups in total. The molecule has 12 amide bonds. The van der Waals surface area contributed by atoms with Crippen molar-refractivity contribution in [1.29, 1.82) is 0 Å². The molecule has 0 bridgehead atoms. The van der Waals surface area contributed by atoms with Gasteiger partial charge in [0, 0.05) is 31.8 Å². The fourth-order valence-corrected chi connectivity index (χ4v) is 8.61. The number of carbonyl (C=O) groups excluding carboxylic acids is 12. The zero-order valence-electron chi connectivity index (χ0n) is 41.8. The zero-order chi connectivity index (χ0) is 54.9. The Labute approximate surface area is 428 Å². The maximum absolute atomic E-state index is 14.3. The minimum Gasteiger partial charge on any atom is -0.508 e. The Kier molecular flexibility index (Phi) is 25.7. The van der Waals surface area contributed by atoms with E-state index in [1.54, 1.807) is 0 Å².